The second kappa shape index (κ2) is 10.8. The number of anilines is 1. The van der Waals surface area contributed by atoms with E-state index in [0.29, 0.717) is 30.1 Å². The summed E-state index contributed by atoms with van der Waals surface area (Å²) in [6, 6.07) is 16.6. The summed E-state index contributed by atoms with van der Waals surface area (Å²) in [5.74, 6) is 0.107. The van der Waals surface area contributed by atoms with Crippen LogP contribution < -0.4 is 9.73 Å². The highest BCUT2D eigenvalue weighted by atomic mass is 32.2. The van der Waals surface area contributed by atoms with Gasteiger partial charge in [-0.25, -0.2) is 8.42 Å². The number of H-pyrrole nitrogens is 1. The van der Waals surface area contributed by atoms with Gasteiger partial charge in [-0.2, -0.15) is 0 Å². The maximum absolute atomic E-state index is 13.6. The molecule has 2 aromatic carbocycles. The van der Waals surface area contributed by atoms with Crippen molar-refractivity contribution in [3.8, 4) is 0 Å². The van der Waals surface area contributed by atoms with Crippen LogP contribution in [0, 0.1) is 0 Å². The predicted octanol–water partition coefficient (Wildman–Crippen LogP) is 4.16. The molecule has 0 unspecified atom stereocenters. The zero-order chi connectivity index (χ0) is 26.7. The molecule has 1 saturated heterocycles. The Morgan fingerprint density at radius 3 is 2.61 bits per heavy atom. The quantitative estimate of drug-likeness (QED) is 0.344. The van der Waals surface area contributed by atoms with E-state index in [-0.39, 0.29) is 35.0 Å². The molecule has 0 bridgehead atoms. The van der Waals surface area contributed by atoms with Crippen LogP contribution in [-0.4, -0.2) is 50.0 Å². The summed E-state index contributed by atoms with van der Waals surface area (Å²) in [6.45, 7) is 3.09. The first-order chi connectivity index (χ1) is 18.4. The van der Waals surface area contributed by atoms with Crippen molar-refractivity contribution in [2.75, 3.05) is 24.0 Å². The zero-order valence-corrected chi connectivity index (χ0v) is 21.8. The molecular formula is C28H29N3O6S. The third-order valence-corrected chi connectivity index (χ3v) is 8.56. The van der Waals surface area contributed by atoms with Crippen LogP contribution in [0.1, 0.15) is 35.9 Å². The maximum atomic E-state index is 13.6. The van der Waals surface area contributed by atoms with Gasteiger partial charge in [0.1, 0.15) is 11.3 Å². The van der Waals surface area contributed by atoms with E-state index < -0.39 is 21.4 Å². The van der Waals surface area contributed by atoms with Crippen molar-refractivity contribution in [2.24, 2.45) is 0 Å². The number of aromatic amines is 1. The van der Waals surface area contributed by atoms with E-state index in [9.17, 15) is 18.0 Å². The maximum Gasteiger partial charge on any atom is 0.264 e. The summed E-state index contributed by atoms with van der Waals surface area (Å²) < 4.78 is 39.5. The third-order valence-electron chi connectivity index (χ3n) is 6.66. The molecule has 1 atom stereocenters. The highest BCUT2D eigenvalue weighted by Gasteiger charge is 2.28. The zero-order valence-electron chi connectivity index (χ0n) is 21.0. The minimum absolute atomic E-state index is 0.0300. The van der Waals surface area contributed by atoms with Gasteiger partial charge < -0.3 is 19.0 Å². The van der Waals surface area contributed by atoms with E-state index in [1.54, 1.807) is 54.3 Å². The standard InChI is InChI=1S/C28H29N3O6S/c1-2-31(20-8-4-3-5-9-20)38(34,35)23-12-13-26-24(16-23)27(32)25(17-29-26)28(33)30(18-21-10-6-14-36-21)19-22-11-7-15-37-22/h3-6,8-10,12-14,16-17,22H,2,7,11,15,18-19H2,1H3,(H,29,32)/t22-/m1/s1. The van der Waals surface area contributed by atoms with Crippen LogP contribution >= 0.6 is 0 Å². The van der Waals surface area contributed by atoms with E-state index >= 15 is 0 Å². The average molecular weight is 536 g/mol. The Morgan fingerprint density at radius 2 is 1.92 bits per heavy atom. The molecule has 1 amide bonds. The van der Waals surface area contributed by atoms with Gasteiger partial charge in [0, 0.05) is 36.8 Å². The number of nitrogens with zero attached hydrogens (tertiary/aromatic N) is 2. The number of fused-ring (bicyclic) bond motifs is 1. The van der Waals surface area contributed by atoms with Gasteiger partial charge in [-0.15, -0.1) is 0 Å². The molecule has 3 heterocycles. The Bertz CT molecular complexity index is 1580. The first-order valence-corrected chi connectivity index (χ1v) is 14.0. The Labute approximate surface area is 220 Å². The summed E-state index contributed by atoms with van der Waals surface area (Å²) in [4.78, 5) is 31.7. The largest absolute Gasteiger partial charge is 0.467 e. The van der Waals surface area contributed by atoms with Crippen LogP contribution in [0.3, 0.4) is 0 Å². The normalized spacial score (nSPS) is 15.6. The smallest absolute Gasteiger partial charge is 0.264 e. The lowest BCUT2D eigenvalue weighted by atomic mass is 10.1. The number of amides is 1. The molecule has 1 fully saturated rings. The molecule has 10 heteroatoms. The molecule has 1 N–H and O–H groups in total. The number of sulfonamides is 1. The monoisotopic (exact) mass is 535 g/mol. The summed E-state index contributed by atoms with van der Waals surface area (Å²) >= 11 is 0. The molecule has 0 saturated carbocycles. The van der Waals surface area contributed by atoms with Crippen LogP contribution in [-0.2, 0) is 21.3 Å². The number of ether oxygens (including phenoxy) is 1. The molecule has 1 aliphatic rings. The number of aromatic nitrogens is 1. The Morgan fingerprint density at radius 1 is 1.11 bits per heavy atom. The van der Waals surface area contributed by atoms with Gasteiger partial charge >= 0.3 is 0 Å². The van der Waals surface area contributed by atoms with Gasteiger partial charge in [-0.05, 0) is 62.2 Å². The van der Waals surface area contributed by atoms with Crippen LogP contribution in [0.2, 0.25) is 0 Å². The first-order valence-electron chi connectivity index (χ1n) is 12.5. The van der Waals surface area contributed by atoms with E-state index in [2.05, 4.69) is 4.98 Å². The summed E-state index contributed by atoms with van der Waals surface area (Å²) in [5, 5.41) is 0.121. The van der Waals surface area contributed by atoms with Crippen molar-refractivity contribution < 1.29 is 22.4 Å². The predicted molar refractivity (Wildman–Crippen MR) is 144 cm³/mol. The van der Waals surface area contributed by atoms with E-state index in [4.69, 9.17) is 9.15 Å². The second-order valence-corrected chi connectivity index (χ2v) is 11.0. The molecule has 5 rings (SSSR count). The van der Waals surface area contributed by atoms with Crippen molar-refractivity contribution in [1.82, 2.24) is 9.88 Å². The Hall–Kier alpha value is -3.89. The summed E-state index contributed by atoms with van der Waals surface area (Å²) in [5.41, 5.74) is 0.341. The fourth-order valence-electron chi connectivity index (χ4n) is 4.74. The number of benzene rings is 2. The SMILES string of the molecule is CCN(c1ccccc1)S(=O)(=O)c1ccc2[nH]cc(C(=O)N(Cc3ccco3)C[C@H]3CCCO3)c(=O)c2c1. The lowest BCUT2D eigenvalue weighted by Crippen LogP contribution is -2.39. The fraction of sp³-hybridized carbons (Fsp3) is 0.286. The molecule has 0 aliphatic carbocycles. The van der Waals surface area contributed by atoms with Gasteiger partial charge in [-0.3, -0.25) is 13.9 Å². The molecule has 0 radical (unpaired) electrons. The molecular weight excluding hydrogens is 506 g/mol. The highest BCUT2D eigenvalue weighted by Crippen LogP contribution is 2.25. The molecule has 198 valence electrons. The number of pyridine rings is 1. The molecule has 0 spiro atoms. The number of hydrogen-bond acceptors (Lipinski definition) is 6. The number of carbonyl (C=O) groups is 1. The molecule has 4 aromatic rings. The van der Waals surface area contributed by atoms with Gasteiger partial charge in [0.2, 0.25) is 5.43 Å². The molecule has 9 nitrogen and oxygen atoms in total. The minimum atomic E-state index is -3.96. The molecule has 1 aliphatic heterocycles. The van der Waals surface area contributed by atoms with E-state index in [0.717, 1.165) is 12.8 Å². The van der Waals surface area contributed by atoms with Crippen LogP contribution in [0.15, 0.2) is 87.2 Å². The van der Waals surface area contributed by atoms with Gasteiger partial charge in [0.15, 0.2) is 0 Å². The Balaban J connectivity index is 1.51. The summed E-state index contributed by atoms with van der Waals surface area (Å²) in [6.07, 6.45) is 4.53. The first kappa shape index (κ1) is 25.7. The van der Waals surface area contributed by atoms with Crippen molar-refractivity contribution >= 4 is 32.5 Å². The van der Waals surface area contributed by atoms with E-state index in [1.165, 1.54) is 28.9 Å². The second-order valence-electron chi connectivity index (χ2n) is 9.14. The number of para-hydroxylation sites is 1. The van der Waals surface area contributed by atoms with Crippen LogP contribution in [0.5, 0.6) is 0 Å². The van der Waals surface area contributed by atoms with Crippen LogP contribution in [0.25, 0.3) is 10.9 Å². The Kier molecular flexibility index (Phi) is 7.35. The number of nitrogens with one attached hydrogen (secondary N) is 1. The lowest BCUT2D eigenvalue weighted by molar-refractivity contribution is 0.0490. The third kappa shape index (κ3) is 5.09. The van der Waals surface area contributed by atoms with Gasteiger partial charge in [-0.1, -0.05) is 18.2 Å². The van der Waals surface area contributed by atoms with Crippen molar-refractivity contribution in [2.45, 2.75) is 37.3 Å². The number of hydrogen-bond donors (Lipinski definition) is 1. The number of carbonyl (C=O) groups excluding carboxylic acids is 1. The van der Waals surface area contributed by atoms with Crippen molar-refractivity contribution in [1.29, 1.82) is 0 Å². The number of rotatable bonds is 9. The number of furan rings is 1. The van der Waals surface area contributed by atoms with Crippen LogP contribution in [0.4, 0.5) is 5.69 Å². The van der Waals surface area contributed by atoms with E-state index in [1.807, 2.05) is 6.07 Å². The van der Waals surface area contributed by atoms with Gasteiger partial charge in [0.25, 0.3) is 15.9 Å². The molecule has 38 heavy (non-hydrogen) atoms. The minimum Gasteiger partial charge on any atom is -0.467 e. The summed E-state index contributed by atoms with van der Waals surface area (Å²) in [7, 11) is -3.96. The van der Waals surface area contributed by atoms with Crippen molar-refractivity contribution in [3.63, 3.8) is 0 Å². The topological polar surface area (TPSA) is 113 Å². The average Bonchev–Trinajstić information content (AvgIpc) is 3.64. The highest BCUT2D eigenvalue weighted by molar-refractivity contribution is 7.92. The molecule has 2 aromatic heterocycles. The van der Waals surface area contributed by atoms with Crippen molar-refractivity contribution in [3.05, 3.63) is 94.7 Å². The fourth-order valence-corrected chi connectivity index (χ4v) is 6.24. The lowest BCUT2D eigenvalue weighted by Gasteiger charge is -2.24. The van der Waals surface area contributed by atoms with Gasteiger partial charge in [0.05, 0.1) is 29.5 Å².